The van der Waals surface area contributed by atoms with Gasteiger partial charge in [0.15, 0.2) is 11.2 Å². The number of aliphatic hydroxyl groups excluding tert-OH is 2. The van der Waals surface area contributed by atoms with Crippen LogP contribution in [0.2, 0.25) is 0 Å². The first kappa shape index (κ1) is 26.7. The first-order valence-electron chi connectivity index (χ1n) is 10.4. The lowest BCUT2D eigenvalue weighted by molar-refractivity contribution is -0.150. The number of amides is 2. The summed E-state index contributed by atoms with van der Waals surface area (Å²) in [6.45, 7) is 11.6. The van der Waals surface area contributed by atoms with Crippen molar-refractivity contribution < 1.29 is 29.3 Å². The van der Waals surface area contributed by atoms with E-state index in [1.807, 2.05) is 27.7 Å². The molecule has 0 aromatic carbocycles. The maximum Gasteiger partial charge on any atom is 0.253 e. The summed E-state index contributed by atoms with van der Waals surface area (Å²) < 4.78 is 11.4. The minimum atomic E-state index is -1.19. The van der Waals surface area contributed by atoms with Crippen LogP contribution in [0, 0.1) is 0 Å². The van der Waals surface area contributed by atoms with Crippen LogP contribution < -0.4 is 21.3 Å². The van der Waals surface area contributed by atoms with Gasteiger partial charge in [0.2, 0.25) is 0 Å². The van der Waals surface area contributed by atoms with Gasteiger partial charge in [-0.1, -0.05) is 0 Å². The lowest BCUT2D eigenvalue weighted by atomic mass is 9.97. The van der Waals surface area contributed by atoms with E-state index < -0.39 is 22.3 Å². The van der Waals surface area contributed by atoms with E-state index in [1.165, 1.54) is 0 Å². The van der Waals surface area contributed by atoms with Crippen molar-refractivity contribution in [2.45, 2.75) is 63.8 Å². The molecule has 0 spiro atoms. The van der Waals surface area contributed by atoms with Gasteiger partial charge in [-0.15, -0.1) is 0 Å². The number of ether oxygens (including phenoxy) is 2. The minimum Gasteiger partial charge on any atom is -0.394 e. The third-order valence-corrected chi connectivity index (χ3v) is 4.95. The van der Waals surface area contributed by atoms with Gasteiger partial charge < -0.3 is 41.0 Å². The summed E-state index contributed by atoms with van der Waals surface area (Å²) in [5.74, 6) is -0.595. The molecule has 0 radical (unpaired) electrons. The van der Waals surface area contributed by atoms with Crippen molar-refractivity contribution in [1.29, 1.82) is 0 Å². The Balaban J connectivity index is 3.11. The first-order chi connectivity index (χ1) is 13.8. The van der Waals surface area contributed by atoms with Gasteiger partial charge in [0.25, 0.3) is 11.8 Å². The number of hydrogen-bond donors (Lipinski definition) is 6. The highest BCUT2D eigenvalue weighted by molar-refractivity contribution is 5.86. The molecule has 2 atom stereocenters. The van der Waals surface area contributed by atoms with Crippen LogP contribution in [0.1, 0.15) is 41.5 Å². The Labute approximate surface area is 179 Å². The highest BCUT2D eigenvalue weighted by atomic mass is 16.5. The Kier molecular flexibility index (Phi) is 9.65. The Morgan fingerprint density at radius 2 is 1.03 bits per heavy atom. The largest absolute Gasteiger partial charge is 0.394 e. The van der Waals surface area contributed by atoms with E-state index in [1.54, 1.807) is 13.8 Å². The Morgan fingerprint density at radius 3 is 1.33 bits per heavy atom. The maximum absolute atomic E-state index is 13.0. The zero-order valence-corrected chi connectivity index (χ0v) is 19.2. The van der Waals surface area contributed by atoms with Crippen molar-refractivity contribution in [2.75, 3.05) is 52.6 Å². The Morgan fingerprint density at radius 1 is 0.700 bits per heavy atom. The van der Waals surface area contributed by atoms with E-state index in [2.05, 4.69) is 21.3 Å². The molecular formula is C20H40N4O6. The highest BCUT2D eigenvalue weighted by Gasteiger charge is 2.40. The molecule has 0 aromatic rings. The molecule has 10 heteroatoms. The zero-order chi connectivity index (χ0) is 23.1. The summed E-state index contributed by atoms with van der Waals surface area (Å²) in [5.41, 5.74) is -3.66. The van der Waals surface area contributed by atoms with Gasteiger partial charge in [-0.3, -0.25) is 9.59 Å². The molecule has 1 rings (SSSR count). The average molecular weight is 433 g/mol. The summed E-state index contributed by atoms with van der Waals surface area (Å²) >= 11 is 0. The van der Waals surface area contributed by atoms with Gasteiger partial charge in [0, 0.05) is 37.3 Å². The van der Waals surface area contributed by atoms with E-state index >= 15 is 0 Å². The van der Waals surface area contributed by atoms with Crippen molar-refractivity contribution in [2.24, 2.45) is 0 Å². The molecule has 1 fully saturated rings. The molecule has 0 aliphatic carbocycles. The molecular weight excluding hydrogens is 392 g/mol. The van der Waals surface area contributed by atoms with E-state index in [4.69, 9.17) is 19.7 Å². The summed E-state index contributed by atoms with van der Waals surface area (Å²) in [6, 6.07) is 0. The normalized spacial score (nSPS) is 30.8. The fourth-order valence-electron chi connectivity index (χ4n) is 3.13. The van der Waals surface area contributed by atoms with Crippen LogP contribution in [0.4, 0.5) is 0 Å². The molecule has 0 bridgehead atoms. The Bertz CT molecular complexity index is 536. The molecule has 6 N–H and O–H groups in total. The lowest BCUT2D eigenvalue weighted by Crippen LogP contribution is -2.65. The van der Waals surface area contributed by atoms with Crippen LogP contribution in [0.15, 0.2) is 0 Å². The highest BCUT2D eigenvalue weighted by Crippen LogP contribution is 2.16. The second-order valence-corrected chi connectivity index (χ2v) is 9.49. The molecule has 0 unspecified atom stereocenters. The van der Waals surface area contributed by atoms with Crippen LogP contribution in [-0.4, -0.2) is 96.9 Å². The number of nitrogens with one attached hydrogen (secondary N) is 4. The summed E-state index contributed by atoms with van der Waals surface area (Å²) in [5, 5.41) is 30.6. The average Bonchev–Trinajstić information content (AvgIpc) is 2.62. The van der Waals surface area contributed by atoms with E-state index in [-0.39, 0.29) is 51.3 Å². The van der Waals surface area contributed by atoms with Gasteiger partial charge in [0.1, 0.15) is 0 Å². The summed E-state index contributed by atoms with van der Waals surface area (Å²) in [4.78, 5) is 26.0. The van der Waals surface area contributed by atoms with Crippen LogP contribution in [-0.2, 0) is 19.1 Å². The van der Waals surface area contributed by atoms with Gasteiger partial charge in [0.05, 0.1) is 26.4 Å². The quantitative estimate of drug-likeness (QED) is 0.298. The van der Waals surface area contributed by atoms with Crippen LogP contribution in [0.5, 0.6) is 0 Å². The van der Waals surface area contributed by atoms with Crippen molar-refractivity contribution in [3.05, 3.63) is 0 Å². The molecule has 1 saturated heterocycles. The van der Waals surface area contributed by atoms with Gasteiger partial charge in [-0.05, 0) is 41.5 Å². The SMILES string of the molecule is CC1(C)CNC[C@@](C)(OCCO)C(=O)NC(C)(C)CNC[C@@](C)(OCCO)C(=O)N1. The van der Waals surface area contributed by atoms with Crippen LogP contribution >= 0.6 is 0 Å². The third kappa shape index (κ3) is 8.09. The molecule has 1 aliphatic heterocycles. The number of hydrogen-bond acceptors (Lipinski definition) is 8. The van der Waals surface area contributed by atoms with Crippen molar-refractivity contribution in [3.63, 3.8) is 0 Å². The summed E-state index contributed by atoms with van der Waals surface area (Å²) in [6.07, 6.45) is 0. The lowest BCUT2D eigenvalue weighted by Gasteiger charge is -2.38. The number of rotatable bonds is 6. The summed E-state index contributed by atoms with van der Waals surface area (Å²) in [7, 11) is 0. The standard InChI is InChI=1S/C20H40N4O6/c1-17(2)11-21-13-20(6,30-10-8-26)16(28)24-18(3,4)12-22-14-19(5,15(27)23-17)29-9-7-25/h21-22,25-26H,7-14H2,1-6H3,(H,23,27)(H,24,28)/t19-,20-/m1/s1. The second kappa shape index (κ2) is 10.8. The predicted octanol–water partition coefficient (Wildman–Crippen LogP) is -1.50. The second-order valence-electron chi connectivity index (χ2n) is 9.49. The predicted molar refractivity (Wildman–Crippen MR) is 113 cm³/mol. The van der Waals surface area contributed by atoms with Crippen LogP contribution in [0.3, 0.4) is 0 Å². The molecule has 0 aromatic heterocycles. The van der Waals surface area contributed by atoms with Crippen LogP contribution in [0.25, 0.3) is 0 Å². The molecule has 10 nitrogen and oxygen atoms in total. The van der Waals surface area contributed by atoms with E-state index in [9.17, 15) is 9.59 Å². The molecule has 0 saturated carbocycles. The third-order valence-electron chi connectivity index (χ3n) is 4.95. The van der Waals surface area contributed by atoms with Crippen molar-refractivity contribution >= 4 is 11.8 Å². The fourth-order valence-corrected chi connectivity index (χ4v) is 3.13. The molecule has 176 valence electrons. The van der Waals surface area contributed by atoms with Gasteiger partial charge in [-0.25, -0.2) is 0 Å². The first-order valence-corrected chi connectivity index (χ1v) is 10.4. The van der Waals surface area contributed by atoms with E-state index in [0.717, 1.165) is 0 Å². The zero-order valence-electron chi connectivity index (χ0n) is 19.2. The van der Waals surface area contributed by atoms with Crippen molar-refractivity contribution in [1.82, 2.24) is 21.3 Å². The monoisotopic (exact) mass is 432 g/mol. The smallest absolute Gasteiger partial charge is 0.253 e. The number of carbonyl (C=O) groups is 2. The molecule has 2 amide bonds. The topological polar surface area (TPSA) is 141 Å². The maximum atomic E-state index is 13.0. The van der Waals surface area contributed by atoms with Gasteiger partial charge in [-0.2, -0.15) is 0 Å². The number of aliphatic hydroxyl groups is 2. The minimum absolute atomic E-state index is 0.0327. The number of carbonyl (C=O) groups excluding carboxylic acids is 2. The van der Waals surface area contributed by atoms with Crippen molar-refractivity contribution in [3.8, 4) is 0 Å². The fraction of sp³-hybridized carbons (Fsp3) is 0.900. The molecule has 1 heterocycles. The molecule has 30 heavy (non-hydrogen) atoms. The van der Waals surface area contributed by atoms with Gasteiger partial charge >= 0.3 is 0 Å². The van der Waals surface area contributed by atoms with E-state index in [0.29, 0.717) is 13.1 Å². The Hall–Kier alpha value is -1.30. The molecule has 1 aliphatic rings.